The number of carbonyl (C=O) groups is 1. The van der Waals surface area contributed by atoms with Crippen LogP contribution in [0.25, 0.3) is 11.0 Å². The van der Waals surface area contributed by atoms with Gasteiger partial charge in [-0.3, -0.25) is 19.8 Å². The standard InChI is InChI=1S/C56H69N7O9S/c1-35(2)42-12-7-8-13-43(42)46-14-9-25-62(46)39-32-56(33-39)22-26-61(27-23-56)38-15-16-44(48(29-38)72-50-28-37-19-24-57-52(37)59-54(50)71-40-10-5-4-6-11-40)53(64)60-73(68,69)41-30-47(63(66)67)51-49(31-41)70-34-45(58-51)36-17-20-55(3,65)21-18-36/h7-8,12-13,15-16,19,24,28-31,35-36,39-40,45-46,58,65H,4-6,9-11,14,17-18,20-23,25-27,32-34H2,1-3H3,(H,57,59)(H,60,64)/t36?,45-,46+,55?/m1/s1. The third kappa shape index (κ3) is 10.1. The molecule has 2 atom stereocenters. The molecule has 0 bridgehead atoms. The molecule has 6 aliphatic rings. The second-order valence-corrected chi connectivity index (χ2v) is 24.2. The number of rotatable bonds is 13. The molecule has 4 N–H and O–H groups in total. The smallest absolute Gasteiger partial charge is 0.297 e. The number of nitrogens with one attached hydrogen (secondary N) is 3. The number of benzene rings is 3. The summed E-state index contributed by atoms with van der Waals surface area (Å²) in [5.74, 6) is 0.272. The van der Waals surface area contributed by atoms with Gasteiger partial charge in [0.05, 0.1) is 27.0 Å². The van der Waals surface area contributed by atoms with Crippen LogP contribution >= 0.6 is 0 Å². The van der Waals surface area contributed by atoms with Crippen LogP contribution < -0.4 is 29.1 Å². The predicted molar refractivity (Wildman–Crippen MR) is 279 cm³/mol. The fourth-order valence-electron chi connectivity index (χ4n) is 13.0. The lowest BCUT2D eigenvalue weighted by molar-refractivity contribution is -0.384. The largest absolute Gasteiger partial charge is 0.489 e. The number of carbonyl (C=O) groups excluding carboxylic acids is 1. The van der Waals surface area contributed by atoms with E-state index in [9.17, 15) is 28.4 Å². The van der Waals surface area contributed by atoms with Crippen molar-refractivity contribution in [1.82, 2.24) is 19.6 Å². The predicted octanol–water partition coefficient (Wildman–Crippen LogP) is 10.9. The Hall–Kier alpha value is -5.91. The van der Waals surface area contributed by atoms with Crippen LogP contribution in [0.2, 0.25) is 0 Å². The number of likely N-dealkylation sites (tertiary alicyclic amines) is 1. The molecule has 388 valence electrons. The zero-order valence-corrected chi connectivity index (χ0v) is 43.1. The first kappa shape index (κ1) is 49.3. The van der Waals surface area contributed by atoms with Crippen molar-refractivity contribution in [2.45, 2.75) is 158 Å². The van der Waals surface area contributed by atoms with E-state index in [-0.39, 0.29) is 64.5 Å². The van der Waals surface area contributed by atoms with Gasteiger partial charge in [-0.1, -0.05) is 44.5 Å². The van der Waals surface area contributed by atoms with E-state index in [1.165, 1.54) is 42.9 Å². The highest BCUT2D eigenvalue weighted by molar-refractivity contribution is 7.90. The Kier molecular flexibility index (Phi) is 13.3. The molecule has 0 unspecified atom stereocenters. The van der Waals surface area contributed by atoms with Crippen molar-refractivity contribution < 1.29 is 37.5 Å². The van der Waals surface area contributed by atoms with E-state index >= 15 is 0 Å². The normalized spacial score (nSPS) is 24.7. The van der Waals surface area contributed by atoms with Crippen LogP contribution in [-0.4, -0.2) is 89.3 Å². The Morgan fingerprint density at radius 1 is 0.932 bits per heavy atom. The Bertz CT molecular complexity index is 2980. The van der Waals surface area contributed by atoms with Gasteiger partial charge in [0.15, 0.2) is 17.2 Å². The minimum atomic E-state index is -4.71. The van der Waals surface area contributed by atoms with Crippen LogP contribution in [0.3, 0.4) is 0 Å². The maximum absolute atomic E-state index is 14.5. The molecule has 5 aromatic rings. The van der Waals surface area contributed by atoms with E-state index in [0.717, 1.165) is 81.7 Å². The summed E-state index contributed by atoms with van der Waals surface area (Å²) in [6, 6.07) is 20.8. The van der Waals surface area contributed by atoms with E-state index in [2.05, 4.69) is 62.9 Å². The lowest BCUT2D eigenvalue weighted by Gasteiger charge is -2.56. The van der Waals surface area contributed by atoms with Gasteiger partial charge >= 0.3 is 0 Å². The average Bonchev–Trinajstić information content (AvgIpc) is 4.05. The molecule has 3 aliphatic heterocycles. The monoisotopic (exact) mass is 1020 g/mol. The minimum Gasteiger partial charge on any atom is -0.489 e. The number of amides is 1. The van der Waals surface area contributed by atoms with Crippen LogP contribution in [-0.2, 0) is 10.0 Å². The summed E-state index contributed by atoms with van der Waals surface area (Å²) in [5.41, 5.74) is 3.46. The van der Waals surface area contributed by atoms with E-state index < -0.39 is 37.0 Å². The highest BCUT2D eigenvalue weighted by Gasteiger charge is 2.50. The van der Waals surface area contributed by atoms with E-state index in [0.29, 0.717) is 49.3 Å². The van der Waals surface area contributed by atoms with Crippen molar-refractivity contribution in [2.75, 3.05) is 36.5 Å². The number of piperidine rings is 1. The van der Waals surface area contributed by atoms with Gasteiger partial charge in [-0.2, -0.15) is 4.98 Å². The summed E-state index contributed by atoms with van der Waals surface area (Å²) in [5, 5.41) is 27.1. The Balaban J connectivity index is 0.845. The van der Waals surface area contributed by atoms with Crippen molar-refractivity contribution >= 4 is 44.0 Å². The van der Waals surface area contributed by atoms with Crippen LogP contribution in [0.1, 0.15) is 151 Å². The van der Waals surface area contributed by atoms with Crippen molar-refractivity contribution in [3.05, 3.63) is 99.7 Å². The molecule has 0 radical (unpaired) electrons. The second-order valence-electron chi connectivity index (χ2n) is 22.5. The number of aliphatic hydroxyl groups is 1. The fraction of sp³-hybridized carbons (Fsp3) is 0.536. The number of H-pyrrole nitrogens is 1. The van der Waals surface area contributed by atoms with Crippen LogP contribution in [0.15, 0.2) is 77.8 Å². The maximum Gasteiger partial charge on any atom is 0.297 e. The van der Waals surface area contributed by atoms with Crippen LogP contribution in [0.5, 0.6) is 23.1 Å². The zero-order valence-electron chi connectivity index (χ0n) is 42.2. The number of ether oxygens (including phenoxy) is 3. The van der Waals surface area contributed by atoms with Crippen molar-refractivity contribution in [1.29, 1.82) is 0 Å². The number of pyridine rings is 1. The van der Waals surface area contributed by atoms with Crippen LogP contribution in [0.4, 0.5) is 17.1 Å². The maximum atomic E-state index is 14.5. The summed E-state index contributed by atoms with van der Waals surface area (Å²) in [6.07, 6.45) is 16.2. The lowest BCUT2D eigenvalue weighted by atomic mass is 9.59. The number of fused-ring (bicyclic) bond motifs is 2. The number of nitro groups is 1. The third-order valence-electron chi connectivity index (χ3n) is 17.2. The van der Waals surface area contributed by atoms with Gasteiger partial charge in [0.1, 0.15) is 24.1 Å². The topological polar surface area (TPSA) is 201 Å². The number of nitro benzene ring substituents is 1. The molecule has 5 heterocycles. The Morgan fingerprint density at radius 3 is 2.45 bits per heavy atom. The second kappa shape index (κ2) is 19.7. The molecular formula is C56H69N7O9S. The molecule has 5 fully saturated rings. The Labute approximate surface area is 427 Å². The van der Waals surface area contributed by atoms with E-state index in [1.54, 1.807) is 18.3 Å². The summed E-state index contributed by atoms with van der Waals surface area (Å²) in [6.45, 7) is 9.32. The third-order valence-corrected chi connectivity index (χ3v) is 18.5. The molecule has 11 rings (SSSR count). The molecule has 3 saturated carbocycles. The molecule has 16 nitrogen and oxygen atoms in total. The number of nitrogens with zero attached hydrogens (tertiary/aromatic N) is 4. The van der Waals surface area contributed by atoms with Gasteiger partial charge in [-0.25, -0.2) is 13.1 Å². The van der Waals surface area contributed by atoms with Gasteiger partial charge in [0.2, 0.25) is 0 Å². The number of hydrogen-bond donors (Lipinski definition) is 4. The number of hydrogen-bond acceptors (Lipinski definition) is 13. The number of aromatic nitrogens is 2. The number of anilines is 2. The summed E-state index contributed by atoms with van der Waals surface area (Å²) >= 11 is 0. The summed E-state index contributed by atoms with van der Waals surface area (Å²) in [7, 11) is -4.71. The molecule has 2 saturated heterocycles. The highest BCUT2D eigenvalue weighted by atomic mass is 32.2. The van der Waals surface area contributed by atoms with Gasteiger partial charge < -0.3 is 34.5 Å². The molecule has 1 amide bonds. The number of aromatic amines is 1. The zero-order chi connectivity index (χ0) is 50.6. The van der Waals surface area contributed by atoms with Crippen molar-refractivity contribution in [3.63, 3.8) is 0 Å². The molecule has 1 spiro atoms. The molecule has 3 aromatic carbocycles. The minimum absolute atomic E-state index is 0.000912. The number of sulfonamides is 1. The summed E-state index contributed by atoms with van der Waals surface area (Å²) in [4.78, 5) is 38.9. The van der Waals surface area contributed by atoms with Gasteiger partial charge in [0, 0.05) is 60.6 Å². The molecule has 17 heteroatoms. The van der Waals surface area contributed by atoms with Crippen molar-refractivity contribution in [2.24, 2.45) is 11.3 Å². The first-order valence-corrected chi connectivity index (χ1v) is 28.2. The molecule has 3 aliphatic carbocycles. The summed E-state index contributed by atoms with van der Waals surface area (Å²) < 4.78 is 49.9. The highest BCUT2D eigenvalue weighted by Crippen LogP contribution is 2.55. The molecule has 73 heavy (non-hydrogen) atoms. The van der Waals surface area contributed by atoms with E-state index in [1.807, 2.05) is 25.1 Å². The van der Waals surface area contributed by atoms with Gasteiger partial charge in [0.25, 0.3) is 27.5 Å². The first-order chi connectivity index (χ1) is 35.1. The van der Waals surface area contributed by atoms with Crippen molar-refractivity contribution in [3.8, 4) is 23.1 Å². The van der Waals surface area contributed by atoms with Crippen LogP contribution in [0, 0.1) is 21.4 Å². The SMILES string of the molecule is CC(C)c1ccccc1[C@@H]1CCCN1C1CC2(CCN(c3ccc(C(=O)NS(=O)(=O)c4cc5c(c([N+](=O)[O-])c4)N[C@@H](C4CCC(C)(O)CC4)CO5)c(Oc4cc5cc[nH]c5nc4OC4CCCCC4)c3)CC2)C1. The van der Waals surface area contributed by atoms with E-state index in [4.69, 9.17) is 19.2 Å². The molecule has 2 aromatic heterocycles. The lowest BCUT2D eigenvalue weighted by Crippen LogP contribution is -2.54. The molecular weight excluding hydrogens is 947 g/mol. The Morgan fingerprint density at radius 2 is 1.70 bits per heavy atom. The first-order valence-electron chi connectivity index (χ1n) is 26.7. The van der Waals surface area contributed by atoms with Gasteiger partial charge in [-0.15, -0.1) is 0 Å². The fourth-order valence-corrected chi connectivity index (χ4v) is 14.0. The quantitative estimate of drug-likeness (QED) is 0.0642. The average molecular weight is 1020 g/mol. The van der Waals surface area contributed by atoms with Gasteiger partial charge in [-0.05, 0) is 156 Å².